The van der Waals surface area contributed by atoms with Crippen LogP contribution in [0.2, 0.25) is 10.0 Å². The van der Waals surface area contributed by atoms with E-state index < -0.39 is 0 Å². The van der Waals surface area contributed by atoms with E-state index in [1.807, 2.05) is 26.0 Å². The SMILES string of the molecule is CCOC(C)Cc1ccc(Cl)cc1Cl. The topological polar surface area (TPSA) is 9.23 Å². The molecule has 0 fully saturated rings. The second-order valence-electron chi connectivity index (χ2n) is 3.21. The highest BCUT2D eigenvalue weighted by molar-refractivity contribution is 6.35. The van der Waals surface area contributed by atoms with Crippen molar-refractivity contribution < 1.29 is 4.74 Å². The van der Waals surface area contributed by atoms with Crippen molar-refractivity contribution >= 4 is 23.2 Å². The van der Waals surface area contributed by atoms with E-state index in [2.05, 4.69) is 0 Å². The fourth-order valence-electron chi connectivity index (χ4n) is 1.34. The van der Waals surface area contributed by atoms with Gasteiger partial charge in [-0.05, 0) is 38.0 Å². The van der Waals surface area contributed by atoms with Crippen molar-refractivity contribution in [2.45, 2.75) is 26.4 Å². The van der Waals surface area contributed by atoms with Crippen molar-refractivity contribution in [3.05, 3.63) is 33.8 Å². The van der Waals surface area contributed by atoms with Gasteiger partial charge in [0.25, 0.3) is 0 Å². The maximum Gasteiger partial charge on any atom is 0.0587 e. The number of hydrogen-bond donors (Lipinski definition) is 0. The molecule has 1 atom stereocenters. The summed E-state index contributed by atoms with van der Waals surface area (Å²) in [6.45, 7) is 4.75. The normalized spacial score (nSPS) is 12.9. The van der Waals surface area contributed by atoms with Crippen LogP contribution >= 0.6 is 23.2 Å². The van der Waals surface area contributed by atoms with E-state index in [1.165, 1.54) is 0 Å². The lowest BCUT2D eigenvalue weighted by Crippen LogP contribution is -2.11. The number of ether oxygens (including phenoxy) is 1. The second kappa shape index (κ2) is 5.59. The van der Waals surface area contributed by atoms with Crippen LogP contribution in [0, 0.1) is 0 Å². The highest BCUT2D eigenvalue weighted by atomic mass is 35.5. The maximum absolute atomic E-state index is 6.03. The smallest absolute Gasteiger partial charge is 0.0587 e. The first kappa shape index (κ1) is 11.8. The fourth-order valence-corrected chi connectivity index (χ4v) is 1.83. The molecule has 0 radical (unpaired) electrons. The van der Waals surface area contributed by atoms with Gasteiger partial charge in [0.15, 0.2) is 0 Å². The van der Waals surface area contributed by atoms with Crippen LogP contribution in [0.15, 0.2) is 18.2 Å². The minimum atomic E-state index is 0.193. The molecule has 0 bridgehead atoms. The first-order valence-electron chi connectivity index (χ1n) is 4.69. The molecule has 3 heteroatoms. The molecule has 0 amide bonds. The lowest BCUT2D eigenvalue weighted by molar-refractivity contribution is 0.0768. The molecule has 0 spiro atoms. The first-order chi connectivity index (χ1) is 6.63. The molecule has 14 heavy (non-hydrogen) atoms. The highest BCUT2D eigenvalue weighted by Crippen LogP contribution is 2.22. The molecule has 1 unspecified atom stereocenters. The summed E-state index contributed by atoms with van der Waals surface area (Å²) in [6.07, 6.45) is 1.02. The average molecular weight is 233 g/mol. The van der Waals surface area contributed by atoms with Crippen LogP contribution in [-0.2, 0) is 11.2 Å². The summed E-state index contributed by atoms with van der Waals surface area (Å²) in [5, 5.41) is 1.38. The molecule has 0 aliphatic rings. The minimum Gasteiger partial charge on any atom is -0.378 e. The summed E-state index contributed by atoms with van der Waals surface area (Å²) < 4.78 is 5.44. The van der Waals surface area contributed by atoms with Gasteiger partial charge in [0.2, 0.25) is 0 Å². The standard InChI is InChI=1S/C11H14Cl2O/c1-3-14-8(2)6-9-4-5-10(12)7-11(9)13/h4-5,7-8H,3,6H2,1-2H3. The Bertz CT molecular complexity index is 299. The third kappa shape index (κ3) is 3.49. The summed E-state index contributed by atoms with van der Waals surface area (Å²) in [7, 11) is 0. The van der Waals surface area contributed by atoms with Gasteiger partial charge in [0, 0.05) is 16.7 Å². The van der Waals surface area contributed by atoms with Gasteiger partial charge in [-0.15, -0.1) is 0 Å². The molecule has 0 heterocycles. The zero-order valence-electron chi connectivity index (χ0n) is 8.39. The predicted molar refractivity (Wildman–Crippen MR) is 61.3 cm³/mol. The van der Waals surface area contributed by atoms with Crippen molar-refractivity contribution in [2.24, 2.45) is 0 Å². The van der Waals surface area contributed by atoms with E-state index in [0.717, 1.165) is 18.6 Å². The molecule has 0 aliphatic heterocycles. The first-order valence-corrected chi connectivity index (χ1v) is 5.44. The zero-order valence-corrected chi connectivity index (χ0v) is 9.90. The number of benzene rings is 1. The van der Waals surface area contributed by atoms with Crippen LogP contribution < -0.4 is 0 Å². The van der Waals surface area contributed by atoms with Crippen LogP contribution in [0.3, 0.4) is 0 Å². The Labute approximate surface area is 95.0 Å². The lowest BCUT2D eigenvalue weighted by atomic mass is 10.1. The van der Waals surface area contributed by atoms with Crippen molar-refractivity contribution in [2.75, 3.05) is 6.61 Å². The second-order valence-corrected chi connectivity index (χ2v) is 4.05. The molecule has 1 aromatic carbocycles. The van der Waals surface area contributed by atoms with Gasteiger partial charge >= 0.3 is 0 Å². The van der Waals surface area contributed by atoms with Crippen LogP contribution in [0.1, 0.15) is 19.4 Å². The van der Waals surface area contributed by atoms with Crippen LogP contribution in [0.5, 0.6) is 0 Å². The van der Waals surface area contributed by atoms with E-state index in [9.17, 15) is 0 Å². The van der Waals surface area contributed by atoms with Crippen LogP contribution in [0.25, 0.3) is 0 Å². The Morgan fingerprint density at radius 2 is 2.07 bits per heavy atom. The lowest BCUT2D eigenvalue weighted by Gasteiger charge is -2.12. The maximum atomic E-state index is 6.03. The van der Waals surface area contributed by atoms with E-state index in [4.69, 9.17) is 27.9 Å². The summed E-state index contributed by atoms with van der Waals surface area (Å²) in [6, 6.07) is 5.55. The molecule has 1 nitrogen and oxygen atoms in total. The van der Waals surface area contributed by atoms with Gasteiger partial charge < -0.3 is 4.74 Å². The number of rotatable bonds is 4. The molecular weight excluding hydrogens is 219 g/mol. The largest absolute Gasteiger partial charge is 0.378 e. The van der Waals surface area contributed by atoms with E-state index in [0.29, 0.717) is 10.0 Å². The number of hydrogen-bond acceptors (Lipinski definition) is 1. The molecule has 1 aromatic rings. The monoisotopic (exact) mass is 232 g/mol. The summed E-state index contributed by atoms with van der Waals surface area (Å²) >= 11 is 11.8. The highest BCUT2D eigenvalue weighted by Gasteiger charge is 2.06. The van der Waals surface area contributed by atoms with Gasteiger partial charge in [-0.3, -0.25) is 0 Å². The van der Waals surface area contributed by atoms with Crippen molar-refractivity contribution in [3.63, 3.8) is 0 Å². The van der Waals surface area contributed by atoms with Gasteiger partial charge in [-0.2, -0.15) is 0 Å². The molecule has 0 aromatic heterocycles. The molecular formula is C11H14Cl2O. The molecule has 1 rings (SSSR count). The Morgan fingerprint density at radius 1 is 1.36 bits per heavy atom. The van der Waals surface area contributed by atoms with Gasteiger partial charge in [0.1, 0.15) is 0 Å². The predicted octanol–water partition coefficient (Wildman–Crippen LogP) is 3.96. The van der Waals surface area contributed by atoms with Crippen molar-refractivity contribution in [1.29, 1.82) is 0 Å². The Balaban J connectivity index is 2.67. The zero-order chi connectivity index (χ0) is 10.6. The summed E-state index contributed by atoms with van der Waals surface area (Å²) in [5.41, 5.74) is 1.08. The van der Waals surface area contributed by atoms with E-state index in [-0.39, 0.29) is 6.10 Å². The molecule has 78 valence electrons. The van der Waals surface area contributed by atoms with E-state index >= 15 is 0 Å². The van der Waals surface area contributed by atoms with Gasteiger partial charge in [0.05, 0.1) is 6.10 Å². The Kier molecular flexibility index (Phi) is 4.73. The molecule has 0 aliphatic carbocycles. The number of halogens is 2. The molecule has 0 N–H and O–H groups in total. The van der Waals surface area contributed by atoms with Gasteiger partial charge in [-0.25, -0.2) is 0 Å². The van der Waals surface area contributed by atoms with Crippen LogP contribution in [-0.4, -0.2) is 12.7 Å². The summed E-state index contributed by atoms with van der Waals surface area (Å²) in [4.78, 5) is 0. The molecule has 0 saturated carbocycles. The van der Waals surface area contributed by atoms with Gasteiger partial charge in [-0.1, -0.05) is 29.3 Å². The fraction of sp³-hybridized carbons (Fsp3) is 0.455. The van der Waals surface area contributed by atoms with E-state index in [1.54, 1.807) is 6.07 Å². The third-order valence-electron chi connectivity index (χ3n) is 1.97. The molecule has 0 saturated heterocycles. The minimum absolute atomic E-state index is 0.193. The van der Waals surface area contributed by atoms with Crippen molar-refractivity contribution in [3.8, 4) is 0 Å². The quantitative estimate of drug-likeness (QED) is 0.764. The van der Waals surface area contributed by atoms with Crippen molar-refractivity contribution in [1.82, 2.24) is 0 Å². The Morgan fingerprint density at radius 3 is 2.64 bits per heavy atom. The Hall–Kier alpha value is -0.240. The summed E-state index contributed by atoms with van der Waals surface area (Å²) in [5.74, 6) is 0. The average Bonchev–Trinajstić information content (AvgIpc) is 2.10. The van der Waals surface area contributed by atoms with Crippen LogP contribution in [0.4, 0.5) is 0 Å². The third-order valence-corrected chi connectivity index (χ3v) is 2.56.